The molecule has 0 unspecified atom stereocenters. The third kappa shape index (κ3) is 27.5. The molecule has 0 aromatic heterocycles. The molecule has 0 bridgehead atoms. The Hall–Kier alpha value is -0.730. The molecule has 0 fully saturated rings. The second-order valence-corrected chi connectivity index (χ2v) is 7.12. The van der Waals surface area contributed by atoms with E-state index < -0.39 is 5.97 Å². The highest BCUT2D eigenvalue weighted by Gasteiger charge is 2.00. The van der Waals surface area contributed by atoms with Gasteiger partial charge < -0.3 is 25.7 Å². The molecule has 0 saturated carbocycles. The zero-order chi connectivity index (χ0) is 21.3. The maximum Gasteiger partial charge on any atom is 0.317 e. The lowest BCUT2D eigenvalue weighted by Crippen LogP contribution is -2.32. The van der Waals surface area contributed by atoms with Crippen molar-refractivity contribution in [2.24, 2.45) is 0 Å². The Morgan fingerprint density at radius 1 is 0.714 bits per heavy atom. The van der Waals surface area contributed by atoms with Crippen LogP contribution in [0.2, 0.25) is 0 Å². The van der Waals surface area contributed by atoms with Gasteiger partial charge in [0.25, 0.3) is 0 Å². The fourth-order valence-electron chi connectivity index (χ4n) is 2.87. The van der Waals surface area contributed by atoms with Gasteiger partial charge in [-0.2, -0.15) is 0 Å². The lowest BCUT2D eigenvalue weighted by Gasteiger charge is -2.17. The normalized spacial score (nSPS) is 10.8. The molecule has 0 heterocycles. The molecule has 0 aromatic carbocycles. The standard InChI is InChI=1S/C15H31NO2.C6H15NO3/c1-2-3-4-5-6-7-8-9-10-11-12-13-16-14-15(17)18;8-4-1-7(2-5-9)3-6-10/h16H,2-14H2,1H3,(H,17,18);8-10H,1-6H2. The second kappa shape index (κ2) is 26.3. The first kappa shape index (κ1) is 29.5. The number of aliphatic hydroxyl groups is 3. The third-order valence-corrected chi connectivity index (χ3v) is 4.48. The first-order valence-corrected chi connectivity index (χ1v) is 11.1. The molecule has 170 valence electrons. The average molecular weight is 407 g/mol. The fourth-order valence-corrected chi connectivity index (χ4v) is 2.87. The maximum absolute atomic E-state index is 10.2. The van der Waals surface area contributed by atoms with Gasteiger partial charge in [0, 0.05) is 19.6 Å². The molecule has 5 N–H and O–H groups in total. The van der Waals surface area contributed by atoms with Crippen molar-refractivity contribution in [1.82, 2.24) is 10.2 Å². The lowest BCUT2D eigenvalue weighted by molar-refractivity contribution is -0.135. The number of aliphatic hydroxyl groups excluding tert-OH is 3. The van der Waals surface area contributed by atoms with E-state index in [-0.39, 0.29) is 26.4 Å². The molecular formula is C21H46N2O5. The summed E-state index contributed by atoms with van der Waals surface area (Å²) in [6.07, 6.45) is 14.7. The van der Waals surface area contributed by atoms with Crippen LogP contribution in [0.25, 0.3) is 0 Å². The SMILES string of the molecule is CCCCCCCCCCCCCNCC(=O)O.OCCN(CCO)CCO. The Labute approximate surface area is 172 Å². The molecule has 7 nitrogen and oxygen atoms in total. The second-order valence-electron chi connectivity index (χ2n) is 7.12. The van der Waals surface area contributed by atoms with Gasteiger partial charge in [-0.3, -0.25) is 9.69 Å². The molecule has 0 amide bonds. The zero-order valence-electron chi connectivity index (χ0n) is 18.1. The number of carboxylic acids is 1. The van der Waals surface area contributed by atoms with Crippen LogP contribution in [0.3, 0.4) is 0 Å². The quantitative estimate of drug-likeness (QED) is 0.197. The molecule has 0 atom stereocenters. The predicted molar refractivity (Wildman–Crippen MR) is 115 cm³/mol. The fraction of sp³-hybridized carbons (Fsp3) is 0.952. The number of hydrogen-bond acceptors (Lipinski definition) is 6. The summed E-state index contributed by atoms with van der Waals surface area (Å²) in [4.78, 5) is 12.0. The summed E-state index contributed by atoms with van der Waals surface area (Å²) in [5, 5.41) is 36.8. The highest BCUT2D eigenvalue weighted by Crippen LogP contribution is 2.10. The smallest absolute Gasteiger partial charge is 0.317 e. The topological polar surface area (TPSA) is 113 Å². The first-order valence-electron chi connectivity index (χ1n) is 11.1. The number of nitrogens with zero attached hydrogens (tertiary/aromatic N) is 1. The zero-order valence-corrected chi connectivity index (χ0v) is 18.1. The Morgan fingerprint density at radius 2 is 1.11 bits per heavy atom. The van der Waals surface area contributed by atoms with E-state index in [0.29, 0.717) is 19.6 Å². The van der Waals surface area contributed by atoms with Gasteiger partial charge in [0.05, 0.1) is 26.4 Å². The minimum Gasteiger partial charge on any atom is -0.480 e. The van der Waals surface area contributed by atoms with E-state index in [1.165, 1.54) is 64.2 Å². The highest BCUT2D eigenvalue weighted by molar-refractivity contribution is 5.68. The van der Waals surface area contributed by atoms with Gasteiger partial charge in [-0.05, 0) is 13.0 Å². The summed E-state index contributed by atoms with van der Waals surface area (Å²) in [6.45, 7) is 4.94. The Balaban J connectivity index is 0. The summed E-state index contributed by atoms with van der Waals surface area (Å²) in [7, 11) is 0. The van der Waals surface area contributed by atoms with Gasteiger partial charge in [-0.1, -0.05) is 71.1 Å². The number of hydrogen-bond donors (Lipinski definition) is 5. The van der Waals surface area contributed by atoms with Crippen molar-refractivity contribution in [3.05, 3.63) is 0 Å². The Morgan fingerprint density at radius 3 is 1.46 bits per heavy atom. The number of carbonyl (C=O) groups is 1. The molecule has 7 heteroatoms. The van der Waals surface area contributed by atoms with Crippen LogP contribution in [0.4, 0.5) is 0 Å². The molecule has 0 saturated heterocycles. The van der Waals surface area contributed by atoms with E-state index >= 15 is 0 Å². The van der Waals surface area contributed by atoms with Crippen LogP contribution < -0.4 is 5.32 Å². The molecule has 0 aliphatic heterocycles. The van der Waals surface area contributed by atoms with Crippen molar-refractivity contribution in [3.8, 4) is 0 Å². The van der Waals surface area contributed by atoms with Crippen LogP contribution in [0.1, 0.15) is 77.6 Å². The highest BCUT2D eigenvalue weighted by atomic mass is 16.4. The van der Waals surface area contributed by atoms with Crippen molar-refractivity contribution < 1.29 is 25.2 Å². The van der Waals surface area contributed by atoms with Gasteiger partial charge in [0.1, 0.15) is 0 Å². The molecular weight excluding hydrogens is 360 g/mol. The number of rotatable bonds is 20. The number of unbranched alkanes of at least 4 members (excludes halogenated alkanes) is 10. The molecule has 0 aliphatic rings. The average Bonchev–Trinajstić information content (AvgIpc) is 2.66. The minimum absolute atomic E-state index is 0.0694. The first-order chi connectivity index (χ1) is 13.6. The van der Waals surface area contributed by atoms with Crippen molar-refractivity contribution in [1.29, 1.82) is 0 Å². The van der Waals surface area contributed by atoms with Crippen molar-refractivity contribution in [2.75, 3.05) is 52.5 Å². The summed E-state index contributed by atoms with van der Waals surface area (Å²) < 4.78 is 0. The van der Waals surface area contributed by atoms with E-state index in [2.05, 4.69) is 12.2 Å². The van der Waals surface area contributed by atoms with Gasteiger partial charge in [0.2, 0.25) is 0 Å². The van der Waals surface area contributed by atoms with Crippen LogP contribution >= 0.6 is 0 Å². The molecule has 0 spiro atoms. The molecule has 0 aromatic rings. The van der Waals surface area contributed by atoms with E-state index in [0.717, 1.165) is 13.0 Å². The molecule has 0 radical (unpaired) electrons. The Kier molecular flexibility index (Phi) is 27.7. The lowest BCUT2D eigenvalue weighted by atomic mass is 10.1. The van der Waals surface area contributed by atoms with Crippen molar-refractivity contribution >= 4 is 5.97 Å². The van der Waals surface area contributed by atoms with E-state index in [4.69, 9.17) is 20.4 Å². The molecule has 0 aliphatic carbocycles. The maximum atomic E-state index is 10.2. The summed E-state index contributed by atoms with van der Waals surface area (Å²) in [5.41, 5.74) is 0. The number of nitrogens with one attached hydrogen (secondary N) is 1. The monoisotopic (exact) mass is 406 g/mol. The van der Waals surface area contributed by atoms with E-state index in [9.17, 15) is 4.79 Å². The van der Waals surface area contributed by atoms with Crippen molar-refractivity contribution in [3.63, 3.8) is 0 Å². The largest absolute Gasteiger partial charge is 0.480 e. The summed E-state index contributed by atoms with van der Waals surface area (Å²) in [6, 6.07) is 0. The molecule has 28 heavy (non-hydrogen) atoms. The van der Waals surface area contributed by atoms with Crippen LogP contribution in [-0.4, -0.2) is 83.8 Å². The van der Waals surface area contributed by atoms with Crippen LogP contribution in [0.15, 0.2) is 0 Å². The third-order valence-electron chi connectivity index (χ3n) is 4.48. The van der Waals surface area contributed by atoms with Crippen molar-refractivity contribution in [2.45, 2.75) is 77.6 Å². The van der Waals surface area contributed by atoms with Gasteiger partial charge in [-0.15, -0.1) is 0 Å². The van der Waals surface area contributed by atoms with Gasteiger partial charge in [0.15, 0.2) is 0 Å². The number of carboxylic acid groups (broad SMARTS) is 1. The molecule has 0 rings (SSSR count). The number of aliphatic carboxylic acids is 1. The van der Waals surface area contributed by atoms with Crippen LogP contribution in [0, 0.1) is 0 Å². The van der Waals surface area contributed by atoms with E-state index in [1.807, 2.05) is 0 Å². The Bertz CT molecular complexity index is 292. The van der Waals surface area contributed by atoms with Gasteiger partial charge in [-0.25, -0.2) is 0 Å². The summed E-state index contributed by atoms with van der Waals surface area (Å²) in [5.74, 6) is -0.766. The predicted octanol–water partition coefficient (Wildman–Crippen LogP) is 2.24. The van der Waals surface area contributed by atoms with E-state index in [1.54, 1.807) is 4.90 Å². The summed E-state index contributed by atoms with van der Waals surface area (Å²) >= 11 is 0. The van der Waals surface area contributed by atoms with Crippen LogP contribution in [0.5, 0.6) is 0 Å². The van der Waals surface area contributed by atoms with Crippen LogP contribution in [-0.2, 0) is 4.79 Å². The van der Waals surface area contributed by atoms with Gasteiger partial charge >= 0.3 is 5.97 Å². The minimum atomic E-state index is -0.766.